The van der Waals surface area contributed by atoms with Crippen LogP contribution in [-0.4, -0.2) is 12.8 Å². The second-order valence-corrected chi connectivity index (χ2v) is 7.03. The molecule has 0 fully saturated rings. The van der Waals surface area contributed by atoms with Gasteiger partial charge in [0.1, 0.15) is 0 Å². The molecule has 0 atom stereocenters. The first-order valence-electron chi connectivity index (χ1n) is 9.45. The maximum atomic E-state index is 14.5. The molecule has 6 heteroatoms. The SMILES string of the molecule is CCCc1ccc(CCc2ccc3c(F)c(OCC(F)(F)F)c(F)cc3c2)cc1. The zero-order chi connectivity index (χ0) is 21.0. The van der Waals surface area contributed by atoms with Crippen LogP contribution in [0.1, 0.15) is 30.0 Å². The molecule has 0 aliphatic rings. The summed E-state index contributed by atoms with van der Waals surface area (Å²) in [4.78, 5) is 0. The van der Waals surface area contributed by atoms with Gasteiger partial charge in [-0.3, -0.25) is 0 Å². The van der Waals surface area contributed by atoms with Crippen LogP contribution >= 0.6 is 0 Å². The van der Waals surface area contributed by atoms with Gasteiger partial charge in [0.2, 0.25) is 0 Å². The first-order valence-corrected chi connectivity index (χ1v) is 9.45. The van der Waals surface area contributed by atoms with Crippen molar-refractivity contribution in [1.29, 1.82) is 0 Å². The smallest absolute Gasteiger partial charge is 0.422 e. The summed E-state index contributed by atoms with van der Waals surface area (Å²) in [6, 6.07) is 14.2. The van der Waals surface area contributed by atoms with Crippen LogP contribution in [0.5, 0.6) is 5.75 Å². The molecular formula is C23H21F5O. The molecule has 0 bridgehead atoms. The number of benzene rings is 3. The van der Waals surface area contributed by atoms with E-state index in [0.717, 1.165) is 30.9 Å². The summed E-state index contributed by atoms with van der Waals surface area (Å²) in [7, 11) is 0. The van der Waals surface area contributed by atoms with E-state index in [1.165, 1.54) is 17.2 Å². The molecule has 1 nitrogen and oxygen atoms in total. The molecular weight excluding hydrogens is 387 g/mol. The fourth-order valence-electron chi connectivity index (χ4n) is 3.25. The molecule has 0 aromatic heterocycles. The van der Waals surface area contributed by atoms with Crippen LogP contribution in [0.4, 0.5) is 22.0 Å². The molecule has 0 saturated carbocycles. The van der Waals surface area contributed by atoms with Gasteiger partial charge in [-0.2, -0.15) is 13.2 Å². The normalized spacial score (nSPS) is 11.8. The maximum absolute atomic E-state index is 14.5. The van der Waals surface area contributed by atoms with E-state index in [9.17, 15) is 22.0 Å². The zero-order valence-electron chi connectivity index (χ0n) is 16.0. The van der Waals surface area contributed by atoms with Gasteiger partial charge in [-0.25, -0.2) is 8.78 Å². The Balaban J connectivity index is 1.76. The minimum absolute atomic E-state index is 0.0243. The summed E-state index contributed by atoms with van der Waals surface area (Å²) >= 11 is 0. The lowest BCUT2D eigenvalue weighted by Gasteiger charge is -2.13. The Morgan fingerprint density at radius 2 is 1.38 bits per heavy atom. The van der Waals surface area contributed by atoms with Gasteiger partial charge in [-0.05, 0) is 47.4 Å². The number of ether oxygens (including phenoxy) is 1. The minimum Gasteiger partial charge on any atom is -0.478 e. The van der Waals surface area contributed by atoms with E-state index in [1.54, 1.807) is 12.1 Å². The standard InChI is InChI=1S/C23H21F5O/c1-2-3-15-4-6-16(7-5-15)8-9-17-10-11-19-18(12-17)13-20(24)22(21(19)25)29-14-23(26,27)28/h4-7,10-13H,2-3,8-9,14H2,1H3. The average Bonchev–Trinajstić information content (AvgIpc) is 2.66. The summed E-state index contributed by atoms with van der Waals surface area (Å²) in [5, 5.41) is 0.311. The molecule has 0 saturated heterocycles. The van der Waals surface area contributed by atoms with E-state index in [2.05, 4.69) is 35.9 Å². The quantitative estimate of drug-likeness (QED) is 0.391. The lowest BCUT2D eigenvalue weighted by molar-refractivity contribution is -0.154. The Bertz CT molecular complexity index is 977. The van der Waals surface area contributed by atoms with Gasteiger partial charge in [0.25, 0.3) is 0 Å². The van der Waals surface area contributed by atoms with Crippen molar-refractivity contribution in [1.82, 2.24) is 0 Å². The number of alkyl halides is 3. The van der Waals surface area contributed by atoms with E-state index < -0.39 is 30.2 Å². The van der Waals surface area contributed by atoms with Gasteiger partial charge >= 0.3 is 6.18 Å². The van der Waals surface area contributed by atoms with Crippen molar-refractivity contribution in [2.75, 3.05) is 6.61 Å². The summed E-state index contributed by atoms with van der Waals surface area (Å²) < 4.78 is 69.8. The maximum Gasteiger partial charge on any atom is 0.422 e. The van der Waals surface area contributed by atoms with E-state index in [0.29, 0.717) is 6.42 Å². The minimum atomic E-state index is -4.67. The largest absolute Gasteiger partial charge is 0.478 e. The lowest BCUT2D eigenvalue weighted by Crippen LogP contribution is -2.20. The number of hydrogen-bond donors (Lipinski definition) is 0. The van der Waals surface area contributed by atoms with Crippen molar-refractivity contribution in [3.05, 3.63) is 76.9 Å². The highest BCUT2D eigenvalue weighted by Crippen LogP contribution is 2.32. The molecule has 29 heavy (non-hydrogen) atoms. The number of halogens is 5. The van der Waals surface area contributed by atoms with Crippen LogP contribution in [0.25, 0.3) is 10.8 Å². The Labute approximate surface area is 166 Å². The Kier molecular flexibility index (Phi) is 6.40. The molecule has 0 spiro atoms. The van der Waals surface area contributed by atoms with E-state index in [-0.39, 0.29) is 10.8 Å². The van der Waals surface area contributed by atoms with E-state index in [4.69, 9.17) is 0 Å². The highest BCUT2D eigenvalue weighted by atomic mass is 19.4. The first-order chi connectivity index (χ1) is 13.8. The van der Waals surface area contributed by atoms with Crippen molar-refractivity contribution in [2.45, 2.75) is 38.8 Å². The van der Waals surface area contributed by atoms with Crippen molar-refractivity contribution in [3.8, 4) is 5.75 Å². The molecule has 154 valence electrons. The average molecular weight is 408 g/mol. The van der Waals surface area contributed by atoms with Crippen LogP contribution < -0.4 is 4.74 Å². The molecule has 0 aliphatic heterocycles. The highest BCUT2D eigenvalue weighted by molar-refractivity contribution is 5.85. The predicted octanol–water partition coefficient (Wildman–Crippen LogP) is 6.80. The van der Waals surface area contributed by atoms with Gasteiger partial charge in [0.15, 0.2) is 24.0 Å². The third-order valence-electron chi connectivity index (χ3n) is 4.70. The predicted molar refractivity (Wildman–Crippen MR) is 103 cm³/mol. The molecule has 0 N–H and O–H groups in total. The van der Waals surface area contributed by atoms with Crippen LogP contribution in [0.2, 0.25) is 0 Å². The lowest BCUT2D eigenvalue weighted by atomic mass is 9.99. The van der Waals surface area contributed by atoms with Crippen LogP contribution in [0, 0.1) is 11.6 Å². The third-order valence-corrected chi connectivity index (χ3v) is 4.70. The van der Waals surface area contributed by atoms with Crippen molar-refractivity contribution >= 4 is 10.8 Å². The van der Waals surface area contributed by atoms with Crippen molar-refractivity contribution in [2.24, 2.45) is 0 Å². The zero-order valence-corrected chi connectivity index (χ0v) is 16.0. The molecule has 3 rings (SSSR count). The Morgan fingerprint density at radius 1 is 0.793 bits per heavy atom. The van der Waals surface area contributed by atoms with Gasteiger partial charge in [-0.15, -0.1) is 0 Å². The van der Waals surface area contributed by atoms with Gasteiger partial charge in [0.05, 0.1) is 0 Å². The summed E-state index contributed by atoms with van der Waals surface area (Å²) in [5.74, 6) is -3.28. The van der Waals surface area contributed by atoms with Crippen molar-refractivity contribution in [3.63, 3.8) is 0 Å². The van der Waals surface area contributed by atoms with Crippen LogP contribution in [0.3, 0.4) is 0 Å². The summed E-state index contributed by atoms with van der Waals surface area (Å²) in [5.41, 5.74) is 3.34. The summed E-state index contributed by atoms with van der Waals surface area (Å²) in [6.07, 6.45) is -1.09. The molecule has 0 amide bonds. The van der Waals surface area contributed by atoms with Gasteiger partial charge in [-0.1, -0.05) is 55.8 Å². The second kappa shape index (κ2) is 8.80. The number of rotatable bonds is 7. The fraction of sp³-hybridized carbons (Fsp3) is 0.304. The molecule has 3 aromatic rings. The van der Waals surface area contributed by atoms with E-state index in [1.807, 2.05) is 0 Å². The van der Waals surface area contributed by atoms with Crippen LogP contribution in [0.15, 0.2) is 48.5 Å². The Morgan fingerprint density at radius 3 is 2.00 bits per heavy atom. The highest BCUT2D eigenvalue weighted by Gasteiger charge is 2.30. The second-order valence-electron chi connectivity index (χ2n) is 7.03. The fourth-order valence-corrected chi connectivity index (χ4v) is 3.25. The molecule has 0 radical (unpaired) electrons. The third kappa shape index (κ3) is 5.46. The Hall–Kier alpha value is -2.63. The monoisotopic (exact) mass is 408 g/mol. The molecule has 3 aromatic carbocycles. The van der Waals surface area contributed by atoms with Crippen molar-refractivity contribution < 1.29 is 26.7 Å². The number of aryl methyl sites for hydroxylation is 3. The topological polar surface area (TPSA) is 9.23 Å². The molecule has 0 aliphatic carbocycles. The van der Waals surface area contributed by atoms with Crippen LogP contribution in [-0.2, 0) is 19.3 Å². The molecule has 0 heterocycles. The number of fused-ring (bicyclic) bond motifs is 1. The first kappa shape index (κ1) is 21.1. The van der Waals surface area contributed by atoms with Gasteiger partial charge < -0.3 is 4.74 Å². The van der Waals surface area contributed by atoms with Gasteiger partial charge in [0, 0.05) is 5.39 Å². The summed E-state index contributed by atoms with van der Waals surface area (Å²) in [6.45, 7) is 0.381. The molecule has 0 unspecified atom stereocenters. The van der Waals surface area contributed by atoms with E-state index >= 15 is 0 Å². The number of hydrogen-bond acceptors (Lipinski definition) is 1.